The lowest BCUT2D eigenvalue weighted by atomic mass is 10.1. The molecule has 0 aliphatic rings. The molecule has 0 saturated heterocycles. The van der Waals surface area contributed by atoms with Crippen LogP contribution in [-0.2, 0) is 7.05 Å². The summed E-state index contributed by atoms with van der Waals surface area (Å²) in [6.45, 7) is 3.55. The molecular formula is C19H18FN3O. The van der Waals surface area contributed by atoms with Crippen molar-refractivity contribution in [1.82, 2.24) is 9.55 Å². The van der Waals surface area contributed by atoms with E-state index >= 15 is 0 Å². The number of nitrogens with one attached hydrogen (secondary N) is 1. The Morgan fingerprint density at radius 2 is 1.96 bits per heavy atom. The Hall–Kier alpha value is -2.95. The maximum Gasteiger partial charge on any atom is 0.258 e. The second-order valence-corrected chi connectivity index (χ2v) is 5.78. The highest BCUT2D eigenvalue weighted by atomic mass is 19.1. The van der Waals surface area contributed by atoms with Crippen molar-refractivity contribution in [3.05, 3.63) is 71.3 Å². The van der Waals surface area contributed by atoms with Gasteiger partial charge in [0.2, 0.25) is 0 Å². The molecule has 0 atom stereocenters. The van der Waals surface area contributed by atoms with Gasteiger partial charge in [-0.1, -0.05) is 6.07 Å². The molecule has 0 fully saturated rings. The summed E-state index contributed by atoms with van der Waals surface area (Å²) in [4.78, 5) is 17.1. The number of pyridine rings is 1. The van der Waals surface area contributed by atoms with Crippen molar-refractivity contribution >= 4 is 11.6 Å². The van der Waals surface area contributed by atoms with Crippen LogP contribution in [0.2, 0.25) is 0 Å². The van der Waals surface area contributed by atoms with E-state index in [1.807, 2.05) is 42.9 Å². The molecule has 122 valence electrons. The Bertz CT molecular complexity index is 900. The van der Waals surface area contributed by atoms with Crippen LogP contribution >= 0.6 is 0 Å². The highest BCUT2D eigenvalue weighted by Gasteiger charge is 2.21. The average Bonchev–Trinajstić information content (AvgIpc) is 2.86. The van der Waals surface area contributed by atoms with Crippen molar-refractivity contribution in [2.45, 2.75) is 13.8 Å². The molecule has 4 nitrogen and oxygen atoms in total. The van der Waals surface area contributed by atoms with E-state index in [0.29, 0.717) is 16.8 Å². The lowest BCUT2D eigenvalue weighted by molar-refractivity contribution is 0.102. The summed E-state index contributed by atoms with van der Waals surface area (Å²) < 4.78 is 15.3. The van der Waals surface area contributed by atoms with E-state index in [0.717, 1.165) is 17.0 Å². The lowest BCUT2D eigenvalue weighted by Gasteiger charge is -2.10. The zero-order valence-corrected chi connectivity index (χ0v) is 13.8. The summed E-state index contributed by atoms with van der Waals surface area (Å²) in [5.74, 6) is -0.530. The number of carbonyl (C=O) groups is 1. The number of rotatable bonds is 3. The van der Waals surface area contributed by atoms with Crippen molar-refractivity contribution in [2.24, 2.45) is 7.05 Å². The number of aryl methyl sites for hydroxylation is 3. The van der Waals surface area contributed by atoms with Crippen molar-refractivity contribution in [3.8, 4) is 11.4 Å². The molecule has 0 bridgehead atoms. The fourth-order valence-electron chi connectivity index (χ4n) is 2.80. The van der Waals surface area contributed by atoms with Gasteiger partial charge < -0.3 is 9.88 Å². The first kappa shape index (κ1) is 15.9. The number of benzene rings is 1. The van der Waals surface area contributed by atoms with Gasteiger partial charge >= 0.3 is 0 Å². The van der Waals surface area contributed by atoms with E-state index in [1.54, 1.807) is 25.3 Å². The highest BCUT2D eigenvalue weighted by molar-refractivity contribution is 6.09. The summed E-state index contributed by atoms with van der Waals surface area (Å²) in [5, 5.41) is 2.84. The number of hydrogen-bond donors (Lipinski definition) is 1. The van der Waals surface area contributed by atoms with Crippen molar-refractivity contribution in [2.75, 3.05) is 5.32 Å². The molecule has 0 aliphatic carbocycles. The molecule has 1 amide bonds. The summed E-state index contributed by atoms with van der Waals surface area (Å²) in [5.41, 5.74) is 3.96. The van der Waals surface area contributed by atoms with Crippen molar-refractivity contribution in [1.29, 1.82) is 0 Å². The molecule has 0 aliphatic heterocycles. The quantitative estimate of drug-likeness (QED) is 0.789. The molecule has 1 N–H and O–H groups in total. The highest BCUT2D eigenvalue weighted by Crippen LogP contribution is 2.27. The number of aromatic nitrogens is 2. The van der Waals surface area contributed by atoms with E-state index in [-0.39, 0.29) is 11.7 Å². The number of hydrogen-bond acceptors (Lipinski definition) is 2. The first-order chi connectivity index (χ1) is 11.5. The van der Waals surface area contributed by atoms with Gasteiger partial charge in [-0.15, -0.1) is 0 Å². The maximum atomic E-state index is 13.4. The van der Waals surface area contributed by atoms with Gasteiger partial charge in [0, 0.05) is 25.1 Å². The predicted octanol–water partition coefficient (Wildman–Crippen LogP) is 4.10. The Kier molecular flexibility index (Phi) is 4.16. The lowest BCUT2D eigenvalue weighted by Crippen LogP contribution is -2.14. The molecule has 3 aromatic rings. The number of amides is 1. The Labute approximate surface area is 140 Å². The number of halogens is 1. The van der Waals surface area contributed by atoms with Crippen LogP contribution in [0.15, 0.2) is 48.8 Å². The molecule has 0 radical (unpaired) electrons. The van der Waals surface area contributed by atoms with Gasteiger partial charge in [-0.25, -0.2) is 4.39 Å². The molecule has 0 spiro atoms. The molecule has 24 heavy (non-hydrogen) atoms. The zero-order chi connectivity index (χ0) is 17.3. The second kappa shape index (κ2) is 6.28. The van der Waals surface area contributed by atoms with E-state index in [2.05, 4.69) is 10.3 Å². The van der Waals surface area contributed by atoms with Gasteiger partial charge in [-0.05, 0) is 55.3 Å². The van der Waals surface area contributed by atoms with Gasteiger partial charge in [0.25, 0.3) is 5.91 Å². The minimum Gasteiger partial charge on any atom is -0.348 e. The van der Waals surface area contributed by atoms with Gasteiger partial charge in [0.15, 0.2) is 0 Å². The van der Waals surface area contributed by atoms with Crippen LogP contribution in [-0.4, -0.2) is 15.5 Å². The summed E-state index contributed by atoms with van der Waals surface area (Å²) >= 11 is 0. The largest absolute Gasteiger partial charge is 0.348 e. The molecule has 1 aromatic carbocycles. The SMILES string of the molecule is Cc1cc(NC(=O)c2c(C)cn(C)c2-c2ccccn2)ccc1F. The van der Waals surface area contributed by atoms with Crippen LogP contribution in [0.3, 0.4) is 0 Å². The maximum absolute atomic E-state index is 13.4. The smallest absolute Gasteiger partial charge is 0.258 e. The summed E-state index contributed by atoms with van der Waals surface area (Å²) in [6, 6.07) is 10.1. The van der Waals surface area contributed by atoms with E-state index in [1.165, 1.54) is 6.07 Å². The van der Waals surface area contributed by atoms with Crippen molar-refractivity contribution < 1.29 is 9.18 Å². The predicted molar refractivity (Wildman–Crippen MR) is 92.5 cm³/mol. The minimum absolute atomic E-state index is 0.236. The first-order valence-electron chi connectivity index (χ1n) is 7.62. The molecular weight excluding hydrogens is 305 g/mol. The van der Waals surface area contributed by atoms with Crippen LogP contribution < -0.4 is 5.32 Å². The van der Waals surface area contributed by atoms with Crippen LogP contribution in [0, 0.1) is 19.7 Å². The van der Waals surface area contributed by atoms with Gasteiger partial charge in [0.05, 0.1) is 17.0 Å². The molecule has 2 aromatic heterocycles. The fraction of sp³-hybridized carbons (Fsp3) is 0.158. The van der Waals surface area contributed by atoms with Crippen LogP contribution in [0.25, 0.3) is 11.4 Å². The van der Waals surface area contributed by atoms with Crippen LogP contribution in [0.1, 0.15) is 21.5 Å². The Morgan fingerprint density at radius 1 is 1.17 bits per heavy atom. The van der Waals surface area contributed by atoms with Crippen molar-refractivity contribution in [3.63, 3.8) is 0 Å². The van der Waals surface area contributed by atoms with Gasteiger partial charge in [-0.2, -0.15) is 0 Å². The van der Waals surface area contributed by atoms with E-state index in [4.69, 9.17) is 0 Å². The summed E-state index contributed by atoms with van der Waals surface area (Å²) in [7, 11) is 1.88. The number of nitrogens with zero attached hydrogens (tertiary/aromatic N) is 2. The average molecular weight is 323 g/mol. The molecule has 2 heterocycles. The molecule has 5 heteroatoms. The van der Waals surface area contributed by atoms with Crippen LogP contribution in [0.5, 0.6) is 0 Å². The number of carbonyl (C=O) groups excluding carboxylic acids is 1. The standard InChI is InChI=1S/C19H18FN3O/c1-12-10-14(7-8-15(12)20)22-19(24)17-13(2)11-23(3)18(17)16-6-4-5-9-21-16/h4-11H,1-3H3,(H,22,24). The monoisotopic (exact) mass is 323 g/mol. The Balaban J connectivity index is 2.00. The zero-order valence-electron chi connectivity index (χ0n) is 13.8. The number of anilines is 1. The molecule has 0 saturated carbocycles. The summed E-state index contributed by atoms with van der Waals surface area (Å²) in [6.07, 6.45) is 3.59. The molecule has 3 rings (SSSR count). The van der Waals surface area contributed by atoms with E-state index < -0.39 is 0 Å². The third kappa shape index (κ3) is 2.93. The first-order valence-corrected chi connectivity index (χ1v) is 7.62. The van der Waals surface area contributed by atoms with Gasteiger partial charge in [-0.3, -0.25) is 9.78 Å². The van der Waals surface area contributed by atoms with Crippen LogP contribution in [0.4, 0.5) is 10.1 Å². The third-order valence-electron chi connectivity index (χ3n) is 3.92. The third-order valence-corrected chi connectivity index (χ3v) is 3.92. The second-order valence-electron chi connectivity index (χ2n) is 5.78. The van der Waals surface area contributed by atoms with E-state index in [9.17, 15) is 9.18 Å². The van der Waals surface area contributed by atoms with Gasteiger partial charge in [0.1, 0.15) is 5.82 Å². The topological polar surface area (TPSA) is 46.9 Å². The molecule has 0 unspecified atom stereocenters. The fourth-order valence-corrected chi connectivity index (χ4v) is 2.80. The normalized spacial score (nSPS) is 10.7. The Morgan fingerprint density at radius 3 is 2.62 bits per heavy atom. The minimum atomic E-state index is -0.293.